The third-order valence-corrected chi connectivity index (χ3v) is 4.08. The van der Waals surface area contributed by atoms with Crippen molar-refractivity contribution in [1.82, 2.24) is 19.9 Å². The molecule has 0 aliphatic carbocycles. The van der Waals surface area contributed by atoms with Crippen molar-refractivity contribution in [3.05, 3.63) is 78.0 Å². The van der Waals surface area contributed by atoms with Crippen LogP contribution in [0, 0.1) is 6.92 Å². The Morgan fingerprint density at radius 2 is 1.93 bits per heavy atom. The second-order valence-corrected chi connectivity index (χ2v) is 6.01. The molecule has 7 heteroatoms. The van der Waals surface area contributed by atoms with Gasteiger partial charge in [-0.2, -0.15) is 0 Å². The molecule has 0 saturated heterocycles. The highest BCUT2D eigenvalue weighted by molar-refractivity contribution is 5.94. The van der Waals surface area contributed by atoms with Crippen molar-refractivity contribution >= 4 is 28.5 Å². The van der Waals surface area contributed by atoms with Crippen LogP contribution in [0.1, 0.15) is 21.7 Å². The summed E-state index contributed by atoms with van der Waals surface area (Å²) in [6.45, 7) is 2.17. The largest absolute Gasteiger partial charge is 0.455 e. The fourth-order valence-corrected chi connectivity index (χ4v) is 2.78. The number of benzene rings is 1. The summed E-state index contributed by atoms with van der Waals surface area (Å²) in [5.74, 6) is -0.0583. The predicted molar refractivity (Wildman–Crippen MR) is 102 cm³/mol. The van der Waals surface area contributed by atoms with Crippen molar-refractivity contribution in [2.24, 2.45) is 0 Å². The van der Waals surface area contributed by atoms with Crippen LogP contribution in [0.3, 0.4) is 0 Å². The third-order valence-electron chi connectivity index (χ3n) is 4.08. The molecule has 0 spiro atoms. The maximum atomic E-state index is 12.3. The van der Waals surface area contributed by atoms with Gasteiger partial charge in [-0.25, -0.2) is 19.7 Å². The second-order valence-electron chi connectivity index (χ2n) is 6.01. The molecule has 1 aromatic carbocycles. The molecule has 3 heterocycles. The number of ether oxygens (including phenoxy) is 1. The molecule has 2 N–H and O–H groups in total. The van der Waals surface area contributed by atoms with E-state index in [9.17, 15) is 4.79 Å². The van der Waals surface area contributed by atoms with Gasteiger partial charge in [0.2, 0.25) is 5.82 Å². The lowest BCUT2D eigenvalue weighted by atomic mass is 10.2. The summed E-state index contributed by atoms with van der Waals surface area (Å²) in [5, 5.41) is 4.20. The fourth-order valence-electron chi connectivity index (χ4n) is 2.78. The number of nitrogens with one attached hydrogen (secondary N) is 2. The molecule has 134 valence electrons. The lowest BCUT2D eigenvalue weighted by Gasteiger charge is -2.09. The lowest BCUT2D eigenvalue weighted by molar-refractivity contribution is 0.0458. The van der Waals surface area contributed by atoms with Crippen LogP contribution in [-0.2, 0) is 11.3 Å². The molecule has 7 nitrogen and oxygen atoms in total. The molecular weight excluding hydrogens is 342 g/mol. The number of anilines is 2. The smallest absolute Gasteiger partial charge is 0.376 e. The Morgan fingerprint density at radius 3 is 2.78 bits per heavy atom. The SMILES string of the molecule is Cc1c[nH]c2nccc(Nc3ccnc(C(=O)OCc4ccccc4)n3)c12. The Morgan fingerprint density at radius 1 is 1.11 bits per heavy atom. The van der Waals surface area contributed by atoms with Gasteiger partial charge in [-0.1, -0.05) is 30.3 Å². The number of aromatic nitrogens is 4. The topological polar surface area (TPSA) is 92.8 Å². The number of nitrogens with zero attached hydrogens (tertiary/aromatic N) is 3. The molecule has 0 radical (unpaired) electrons. The summed E-state index contributed by atoms with van der Waals surface area (Å²) in [6, 6.07) is 13.0. The summed E-state index contributed by atoms with van der Waals surface area (Å²) in [5.41, 5.74) is 3.61. The van der Waals surface area contributed by atoms with E-state index in [1.165, 1.54) is 6.20 Å². The van der Waals surface area contributed by atoms with Gasteiger partial charge in [-0.05, 0) is 30.2 Å². The average Bonchev–Trinajstić information content (AvgIpc) is 3.09. The normalized spacial score (nSPS) is 10.7. The first-order valence-corrected chi connectivity index (χ1v) is 8.44. The lowest BCUT2D eigenvalue weighted by Crippen LogP contribution is -2.11. The van der Waals surface area contributed by atoms with Crippen molar-refractivity contribution < 1.29 is 9.53 Å². The molecule has 0 aliphatic rings. The van der Waals surface area contributed by atoms with Gasteiger partial charge in [-0.15, -0.1) is 0 Å². The molecule has 0 atom stereocenters. The molecule has 0 saturated carbocycles. The van der Waals surface area contributed by atoms with Crippen molar-refractivity contribution in [2.75, 3.05) is 5.32 Å². The van der Waals surface area contributed by atoms with E-state index < -0.39 is 5.97 Å². The maximum Gasteiger partial charge on any atom is 0.376 e. The van der Waals surface area contributed by atoms with Gasteiger partial charge in [0.15, 0.2) is 0 Å². The number of carbonyl (C=O) groups is 1. The van der Waals surface area contributed by atoms with Crippen LogP contribution in [0.4, 0.5) is 11.5 Å². The zero-order valence-electron chi connectivity index (χ0n) is 14.6. The summed E-state index contributed by atoms with van der Waals surface area (Å²) >= 11 is 0. The highest BCUT2D eigenvalue weighted by Crippen LogP contribution is 2.26. The molecule has 4 rings (SSSR count). The van der Waals surface area contributed by atoms with Crippen LogP contribution in [0.2, 0.25) is 0 Å². The molecule has 0 aliphatic heterocycles. The summed E-state index contributed by atoms with van der Waals surface area (Å²) in [6.07, 6.45) is 5.13. The van der Waals surface area contributed by atoms with E-state index in [2.05, 4.69) is 25.3 Å². The second kappa shape index (κ2) is 7.25. The highest BCUT2D eigenvalue weighted by atomic mass is 16.5. The van der Waals surface area contributed by atoms with Crippen molar-refractivity contribution in [2.45, 2.75) is 13.5 Å². The summed E-state index contributed by atoms with van der Waals surface area (Å²) in [7, 11) is 0. The van der Waals surface area contributed by atoms with Gasteiger partial charge >= 0.3 is 5.97 Å². The summed E-state index contributed by atoms with van der Waals surface area (Å²) < 4.78 is 5.29. The Hall–Kier alpha value is -3.74. The van der Waals surface area contributed by atoms with Crippen LogP contribution in [0.25, 0.3) is 11.0 Å². The molecule has 4 aromatic rings. The number of pyridine rings is 1. The number of esters is 1. The van der Waals surface area contributed by atoms with Gasteiger partial charge in [0, 0.05) is 24.0 Å². The van der Waals surface area contributed by atoms with E-state index in [1.807, 2.05) is 49.5 Å². The van der Waals surface area contributed by atoms with Gasteiger partial charge in [0.05, 0.1) is 5.69 Å². The number of hydrogen-bond donors (Lipinski definition) is 2. The Labute approximate surface area is 155 Å². The molecule has 3 aromatic heterocycles. The Bertz CT molecular complexity index is 1090. The van der Waals surface area contributed by atoms with E-state index in [1.54, 1.807) is 12.3 Å². The monoisotopic (exact) mass is 359 g/mol. The van der Waals surface area contributed by atoms with Gasteiger partial charge in [0.1, 0.15) is 18.1 Å². The molecular formula is C20H17N5O2. The Kier molecular flexibility index (Phi) is 4.49. The van der Waals surface area contributed by atoms with E-state index >= 15 is 0 Å². The van der Waals surface area contributed by atoms with Crippen LogP contribution in [-0.4, -0.2) is 25.9 Å². The van der Waals surface area contributed by atoms with Gasteiger partial charge < -0.3 is 15.0 Å². The number of carbonyl (C=O) groups excluding carboxylic acids is 1. The molecule has 0 amide bonds. The fraction of sp³-hybridized carbons (Fsp3) is 0.100. The van der Waals surface area contributed by atoms with E-state index in [4.69, 9.17) is 4.74 Å². The van der Waals surface area contributed by atoms with Crippen molar-refractivity contribution in [3.63, 3.8) is 0 Å². The number of H-pyrrole nitrogens is 1. The first-order valence-electron chi connectivity index (χ1n) is 8.44. The minimum absolute atomic E-state index is 0.00650. The van der Waals surface area contributed by atoms with Gasteiger partial charge in [0.25, 0.3) is 0 Å². The predicted octanol–water partition coefficient (Wildman–Crippen LogP) is 3.76. The zero-order valence-corrected chi connectivity index (χ0v) is 14.6. The first kappa shape index (κ1) is 16.7. The number of rotatable bonds is 5. The number of aryl methyl sites for hydroxylation is 1. The molecule has 0 fully saturated rings. The van der Waals surface area contributed by atoms with E-state index in [-0.39, 0.29) is 12.4 Å². The van der Waals surface area contributed by atoms with Crippen molar-refractivity contribution in [3.8, 4) is 0 Å². The quantitative estimate of drug-likeness (QED) is 0.527. The summed E-state index contributed by atoms with van der Waals surface area (Å²) in [4.78, 5) is 28.0. The number of fused-ring (bicyclic) bond motifs is 1. The van der Waals surface area contributed by atoms with Crippen LogP contribution in [0.5, 0.6) is 0 Å². The first-order chi connectivity index (χ1) is 13.2. The van der Waals surface area contributed by atoms with Crippen LogP contribution in [0.15, 0.2) is 61.1 Å². The van der Waals surface area contributed by atoms with Gasteiger partial charge in [-0.3, -0.25) is 0 Å². The van der Waals surface area contributed by atoms with Crippen LogP contribution >= 0.6 is 0 Å². The molecule has 27 heavy (non-hydrogen) atoms. The Balaban J connectivity index is 1.52. The van der Waals surface area contributed by atoms with E-state index in [0.29, 0.717) is 5.82 Å². The van der Waals surface area contributed by atoms with E-state index in [0.717, 1.165) is 27.8 Å². The molecule has 0 bridgehead atoms. The zero-order chi connectivity index (χ0) is 18.6. The number of hydrogen-bond acceptors (Lipinski definition) is 6. The average molecular weight is 359 g/mol. The van der Waals surface area contributed by atoms with Crippen molar-refractivity contribution in [1.29, 1.82) is 0 Å². The van der Waals surface area contributed by atoms with Crippen LogP contribution < -0.4 is 5.32 Å². The molecule has 0 unspecified atom stereocenters. The minimum atomic E-state index is -0.569. The highest BCUT2D eigenvalue weighted by Gasteiger charge is 2.13. The minimum Gasteiger partial charge on any atom is -0.455 e. The standard InChI is InChI=1S/C20H17N5O2/c1-13-11-23-18-17(13)15(7-9-21-18)24-16-8-10-22-19(25-16)20(26)27-12-14-5-3-2-4-6-14/h2-11H,12H2,1H3,(H2,21,22,23,24,25). The third kappa shape index (κ3) is 3.62. The number of aromatic amines is 1. The maximum absolute atomic E-state index is 12.3.